The Morgan fingerprint density at radius 1 is 1.00 bits per heavy atom. The predicted molar refractivity (Wildman–Crippen MR) is 112 cm³/mol. The molecule has 0 fully saturated rings. The van der Waals surface area contributed by atoms with E-state index in [-0.39, 0.29) is 27.9 Å². The van der Waals surface area contributed by atoms with Gasteiger partial charge in [0.15, 0.2) is 0 Å². The van der Waals surface area contributed by atoms with Crippen molar-refractivity contribution in [3.63, 3.8) is 0 Å². The van der Waals surface area contributed by atoms with Gasteiger partial charge in [-0.15, -0.1) is 0 Å². The number of aromatic nitrogens is 2. The van der Waals surface area contributed by atoms with E-state index in [4.69, 9.17) is 4.74 Å². The van der Waals surface area contributed by atoms with Crippen molar-refractivity contribution in [2.24, 2.45) is 0 Å². The Labute approximate surface area is 172 Å². The van der Waals surface area contributed by atoms with Gasteiger partial charge in [-0.05, 0) is 43.3 Å². The normalized spacial score (nSPS) is 11.7. The summed E-state index contributed by atoms with van der Waals surface area (Å²) in [5.74, 6) is -0.103. The molecule has 0 atom stereocenters. The van der Waals surface area contributed by atoms with Gasteiger partial charge in [0.05, 0.1) is 29.5 Å². The molecule has 3 aromatic carbocycles. The number of nitrogens with zero attached hydrogens (tertiary/aromatic N) is 2. The molecule has 0 saturated heterocycles. The molecule has 0 N–H and O–H groups in total. The SMILES string of the molecule is COc1ccc2c(c1)c(=O)n(Cc1ccccc1F)n2S(=O)(=O)c1ccc(C)cc1. The van der Waals surface area contributed by atoms with Crippen LogP contribution < -0.4 is 10.3 Å². The average molecular weight is 426 g/mol. The third-order valence-corrected chi connectivity index (χ3v) is 6.64. The number of benzene rings is 3. The van der Waals surface area contributed by atoms with Gasteiger partial charge in [-0.25, -0.2) is 9.07 Å². The van der Waals surface area contributed by atoms with E-state index < -0.39 is 21.4 Å². The molecule has 8 heteroatoms. The fraction of sp³-hybridized carbons (Fsp3) is 0.136. The van der Waals surface area contributed by atoms with Gasteiger partial charge in [0.2, 0.25) is 0 Å². The van der Waals surface area contributed by atoms with E-state index in [1.807, 2.05) is 6.92 Å². The second-order valence-electron chi connectivity index (χ2n) is 6.90. The Morgan fingerprint density at radius 3 is 2.37 bits per heavy atom. The molecule has 0 saturated carbocycles. The van der Waals surface area contributed by atoms with E-state index in [0.29, 0.717) is 5.75 Å². The third-order valence-electron chi connectivity index (χ3n) is 4.92. The summed E-state index contributed by atoms with van der Waals surface area (Å²) in [6, 6.07) is 16.9. The number of ether oxygens (including phenoxy) is 1. The summed E-state index contributed by atoms with van der Waals surface area (Å²) < 4.78 is 48.5. The molecule has 30 heavy (non-hydrogen) atoms. The summed E-state index contributed by atoms with van der Waals surface area (Å²) in [5, 5.41) is 0.168. The summed E-state index contributed by atoms with van der Waals surface area (Å²) >= 11 is 0. The number of halogens is 1. The lowest BCUT2D eigenvalue weighted by molar-refractivity contribution is 0.415. The van der Waals surface area contributed by atoms with Crippen molar-refractivity contribution in [1.29, 1.82) is 0 Å². The standard InChI is InChI=1S/C22H19FN2O4S/c1-15-7-10-18(11-8-15)30(27,28)25-21-12-9-17(29-2)13-19(21)22(26)24(25)14-16-5-3-4-6-20(16)23/h3-13H,14H2,1-2H3. The van der Waals surface area contributed by atoms with E-state index in [2.05, 4.69) is 0 Å². The number of hydrogen-bond acceptors (Lipinski definition) is 4. The molecule has 0 aliphatic carbocycles. The van der Waals surface area contributed by atoms with Crippen LogP contribution in [0, 0.1) is 12.7 Å². The molecule has 0 aliphatic heterocycles. The van der Waals surface area contributed by atoms with Crippen LogP contribution in [0.15, 0.2) is 76.4 Å². The lowest BCUT2D eigenvalue weighted by atomic mass is 10.2. The van der Waals surface area contributed by atoms with Gasteiger partial charge in [0.25, 0.3) is 15.6 Å². The van der Waals surface area contributed by atoms with Crippen molar-refractivity contribution in [2.75, 3.05) is 7.11 Å². The zero-order valence-corrected chi connectivity index (χ0v) is 17.2. The topological polar surface area (TPSA) is 70.3 Å². The van der Waals surface area contributed by atoms with E-state index in [0.717, 1.165) is 14.3 Å². The Kier molecular flexibility index (Phi) is 4.95. The maximum absolute atomic E-state index is 14.3. The molecule has 4 rings (SSSR count). The maximum atomic E-state index is 14.3. The molecule has 0 spiro atoms. The van der Waals surface area contributed by atoms with Crippen LogP contribution >= 0.6 is 0 Å². The van der Waals surface area contributed by atoms with Crippen molar-refractivity contribution in [3.8, 4) is 5.75 Å². The van der Waals surface area contributed by atoms with Crippen LogP contribution in [0.4, 0.5) is 4.39 Å². The van der Waals surface area contributed by atoms with Crippen molar-refractivity contribution >= 4 is 20.9 Å². The highest BCUT2D eigenvalue weighted by atomic mass is 32.2. The summed E-state index contributed by atoms with van der Waals surface area (Å²) in [7, 11) is -2.67. The van der Waals surface area contributed by atoms with Crippen molar-refractivity contribution in [1.82, 2.24) is 8.77 Å². The van der Waals surface area contributed by atoms with Crippen LogP contribution in [0.1, 0.15) is 11.1 Å². The number of aryl methyl sites for hydroxylation is 1. The van der Waals surface area contributed by atoms with Crippen molar-refractivity contribution in [2.45, 2.75) is 18.4 Å². The van der Waals surface area contributed by atoms with Crippen LogP contribution in [0.25, 0.3) is 10.9 Å². The molecule has 154 valence electrons. The van der Waals surface area contributed by atoms with E-state index in [1.165, 1.54) is 49.6 Å². The van der Waals surface area contributed by atoms with Crippen LogP contribution in [0.5, 0.6) is 5.75 Å². The highest BCUT2D eigenvalue weighted by molar-refractivity contribution is 7.90. The summed E-state index contributed by atoms with van der Waals surface area (Å²) in [6.45, 7) is 1.61. The number of hydrogen-bond donors (Lipinski definition) is 0. The zero-order valence-electron chi connectivity index (χ0n) is 16.4. The molecule has 0 aliphatic rings. The summed E-state index contributed by atoms with van der Waals surface area (Å²) in [6.07, 6.45) is 0. The van der Waals surface area contributed by atoms with Crippen molar-refractivity contribution < 1.29 is 17.5 Å². The highest BCUT2D eigenvalue weighted by Crippen LogP contribution is 2.24. The maximum Gasteiger partial charge on any atom is 0.282 e. The molecule has 0 unspecified atom stereocenters. The first kappa shape index (κ1) is 19.9. The van der Waals surface area contributed by atoms with Crippen LogP contribution in [0.3, 0.4) is 0 Å². The van der Waals surface area contributed by atoms with Gasteiger partial charge in [0, 0.05) is 5.56 Å². The molecule has 0 radical (unpaired) electrons. The Morgan fingerprint density at radius 2 is 1.70 bits per heavy atom. The van der Waals surface area contributed by atoms with Crippen LogP contribution in [-0.2, 0) is 16.6 Å². The molecule has 6 nitrogen and oxygen atoms in total. The van der Waals surface area contributed by atoms with Crippen LogP contribution in [-0.4, -0.2) is 24.3 Å². The lowest BCUT2D eigenvalue weighted by Gasteiger charge is -2.14. The first-order chi connectivity index (χ1) is 14.3. The number of methoxy groups -OCH3 is 1. The van der Waals surface area contributed by atoms with Gasteiger partial charge in [0.1, 0.15) is 11.6 Å². The molecular weight excluding hydrogens is 407 g/mol. The predicted octanol–water partition coefficient (Wildman–Crippen LogP) is 3.54. The minimum atomic E-state index is -4.13. The summed E-state index contributed by atoms with van der Waals surface area (Å²) in [5.41, 5.74) is 0.745. The van der Waals surface area contributed by atoms with Gasteiger partial charge in [-0.3, -0.25) is 4.79 Å². The highest BCUT2D eigenvalue weighted by Gasteiger charge is 2.26. The smallest absolute Gasteiger partial charge is 0.282 e. The molecule has 0 bridgehead atoms. The van der Waals surface area contributed by atoms with Gasteiger partial charge < -0.3 is 4.74 Å². The largest absolute Gasteiger partial charge is 0.497 e. The van der Waals surface area contributed by atoms with Crippen LogP contribution in [0.2, 0.25) is 0 Å². The van der Waals surface area contributed by atoms with Gasteiger partial charge in [-0.2, -0.15) is 12.5 Å². The molecule has 4 aromatic rings. The van der Waals surface area contributed by atoms with Gasteiger partial charge in [-0.1, -0.05) is 35.9 Å². The first-order valence-electron chi connectivity index (χ1n) is 9.18. The molecule has 0 amide bonds. The second kappa shape index (κ2) is 7.46. The fourth-order valence-electron chi connectivity index (χ4n) is 3.33. The fourth-order valence-corrected chi connectivity index (χ4v) is 4.81. The molecule has 1 heterocycles. The Balaban J connectivity index is 2.02. The van der Waals surface area contributed by atoms with E-state index in [9.17, 15) is 17.6 Å². The van der Waals surface area contributed by atoms with E-state index in [1.54, 1.807) is 24.3 Å². The monoisotopic (exact) mass is 426 g/mol. The minimum Gasteiger partial charge on any atom is -0.497 e. The molecular formula is C22H19FN2O4S. The molecule has 1 aromatic heterocycles. The van der Waals surface area contributed by atoms with Crippen molar-refractivity contribution in [3.05, 3.63) is 94.0 Å². The van der Waals surface area contributed by atoms with E-state index >= 15 is 0 Å². The number of rotatable bonds is 5. The number of fused-ring (bicyclic) bond motifs is 1. The zero-order chi connectivity index (χ0) is 21.5. The lowest BCUT2D eigenvalue weighted by Crippen LogP contribution is -2.28. The third kappa shape index (κ3) is 3.29. The second-order valence-corrected chi connectivity index (χ2v) is 8.67. The Bertz CT molecular complexity index is 1400. The summed E-state index contributed by atoms with van der Waals surface area (Å²) in [4.78, 5) is 13.2. The first-order valence-corrected chi connectivity index (χ1v) is 10.6. The quantitative estimate of drug-likeness (QED) is 0.489. The average Bonchev–Trinajstić information content (AvgIpc) is 3.01. The Hall–Kier alpha value is -3.39. The minimum absolute atomic E-state index is 0.0306. The van der Waals surface area contributed by atoms with Gasteiger partial charge >= 0.3 is 0 Å².